The Hall–Kier alpha value is -2.79. The first-order valence-electron chi connectivity index (χ1n) is 9.91. The van der Waals surface area contributed by atoms with Crippen LogP contribution < -0.4 is 10.6 Å². The molecular weight excluding hydrogens is 386 g/mol. The Bertz CT molecular complexity index is 1050. The van der Waals surface area contributed by atoms with Crippen molar-refractivity contribution in [3.8, 4) is 5.75 Å². The lowest BCUT2D eigenvalue weighted by Crippen LogP contribution is -2.40. The maximum atomic E-state index is 12.5. The number of hydrogen-bond donors (Lipinski definition) is 3. The van der Waals surface area contributed by atoms with E-state index in [-0.39, 0.29) is 17.7 Å². The Morgan fingerprint density at radius 2 is 1.86 bits per heavy atom. The number of aromatic nitrogens is 1. The number of pyridine rings is 1. The van der Waals surface area contributed by atoms with E-state index in [0.717, 1.165) is 42.3 Å². The van der Waals surface area contributed by atoms with Crippen molar-refractivity contribution < 1.29 is 9.90 Å². The summed E-state index contributed by atoms with van der Waals surface area (Å²) in [6, 6.07) is 13.4. The number of aryl methyl sites for hydroxylation is 1. The van der Waals surface area contributed by atoms with Gasteiger partial charge in [0.25, 0.3) is 5.91 Å². The van der Waals surface area contributed by atoms with Gasteiger partial charge in [0.15, 0.2) is 0 Å². The lowest BCUT2D eigenvalue weighted by atomic mass is 9.90. The van der Waals surface area contributed by atoms with Crippen LogP contribution >= 0.6 is 11.6 Å². The van der Waals surface area contributed by atoms with Crippen molar-refractivity contribution >= 4 is 34.1 Å². The van der Waals surface area contributed by atoms with E-state index in [9.17, 15) is 9.90 Å². The molecule has 1 heterocycles. The fourth-order valence-electron chi connectivity index (χ4n) is 3.95. The highest BCUT2D eigenvalue weighted by Gasteiger charge is 2.24. The van der Waals surface area contributed by atoms with Gasteiger partial charge in [0.05, 0.1) is 11.1 Å². The first-order chi connectivity index (χ1) is 14.0. The number of nitrogens with one attached hydrogen (secondary N) is 2. The normalized spacial score (nSPS) is 19.1. The van der Waals surface area contributed by atoms with Gasteiger partial charge in [0.2, 0.25) is 0 Å². The highest BCUT2D eigenvalue weighted by Crippen LogP contribution is 2.28. The molecule has 1 aliphatic carbocycles. The summed E-state index contributed by atoms with van der Waals surface area (Å²) in [5, 5.41) is 18.6. The van der Waals surface area contributed by atoms with Crippen molar-refractivity contribution in [3.63, 3.8) is 0 Å². The molecule has 1 saturated carbocycles. The smallest absolute Gasteiger partial charge is 0.255 e. The molecule has 0 bridgehead atoms. The third-order valence-electron chi connectivity index (χ3n) is 5.61. The molecule has 4 rings (SSSR count). The molecule has 3 N–H and O–H groups in total. The van der Waals surface area contributed by atoms with Crippen LogP contribution in [0.3, 0.4) is 0 Å². The molecule has 1 amide bonds. The summed E-state index contributed by atoms with van der Waals surface area (Å²) >= 11 is 6.07. The molecule has 0 radical (unpaired) electrons. The summed E-state index contributed by atoms with van der Waals surface area (Å²) in [6.45, 7) is 1.79. The molecular formula is C23H24ClN3O2. The van der Waals surface area contributed by atoms with Gasteiger partial charge in [-0.3, -0.25) is 9.78 Å². The average Bonchev–Trinajstić information content (AvgIpc) is 2.71. The number of benzene rings is 2. The summed E-state index contributed by atoms with van der Waals surface area (Å²) < 4.78 is 0. The Kier molecular flexibility index (Phi) is 5.58. The van der Waals surface area contributed by atoms with Crippen LogP contribution in [0, 0.1) is 6.92 Å². The summed E-state index contributed by atoms with van der Waals surface area (Å²) in [4.78, 5) is 16.9. The van der Waals surface area contributed by atoms with E-state index in [1.54, 1.807) is 31.3 Å². The Balaban J connectivity index is 1.36. The number of nitrogens with zero attached hydrogens (tertiary/aromatic N) is 1. The van der Waals surface area contributed by atoms with Crippen molar-refractivity contribution in [1.29, 1.82) is 0 Å². The highest BCUT2D eigenvalue weighted by molar-refractivity contribution is 6.31. The van der Waals surface area contributed by atoms with Crippen LogP contribution in [0.25, 0.3) is 10.9 Å². The fraction of sp³-hybridized carbons (Fsp3) is 0.304. The zero-order valence-corrected chi connectivity index (χ0v) is 17.0. The van der Waals surface area contributed by atoms with Crippen LogP contribution in [0.15, 0.2) is 48.7 Å². The predicted octanol–water partition coefficient (Wildman–Crippen LogP) is 5.06. The standard InChI is InChI=1S/C23H24ClN3O2/c1-14-3-2-4-19(22(14)28)23(29)27-17-8-6-16(7-9-17)26-20-11-12-25-21-13-15(24)5-10-18(20)21/h2-5,10-13,16-17,28H,6-9H2,1H3,(H,25,26)(H,27,29). The average molecular weight is 410 g/mol. The molecule has 1 fully saturated rings. The number of anilines is 1. The number of carbonyl (C=O) groups is 1. The van der Waals surface area contributed by atoms with Crippen molar-refractivity contribution in [1.82, 2.24) is 10.3 Å². The van der Waals surface area contributed by atoms with Gasteiger partial charge in [0.1, 0.15) is 5.75 Å². The number of carbonyl (C=O) groups excluding carboxylic acids is 1. The second kappa shape index (κ2) is 8.29. The third-order valence-corrected chi connectivity index (χ3v) is 5.84. The maximum absolute atomic E-state index is 12.5. The second-order valence-electron chi connectivity index (χ2n) is 7.66. The van der Waals surface area contributed by atoms with Gasteiger partial charge in [0, 0.05) is 34.4 Å². The van der Waals surface area contributed by atoms with Crippen LogP contribution in [0.5, 0.6) is 5.75 Å². The van der Waals surface area contributed by atoms with Gasteiger partial charge in [-0.2, -0.15) is 0 Å². The summed E-state index contributed by atoms with van der Waals surface area (Å²) in [7, 11) is 0. The van der Waals surface area contributed by atoms with Gasteiger partial charge in [-0.25, -0.2) is 0 Å². The van der Waals surface area contributed by atoms with Crippen LogP contribution in [0.1, 0.15) is 41.6 Å². The lowest BCUT2D eigenvalue weighted by Gasteiger charge is -2.30. The van der Waals surface area contributed by atoms with E-state index < -0.39 is 0 Å². The minimum Gasteiger partial charge on any atom is -0.507 e. The van der Waals surface area contributed by atoms with E-state index >= 15 is 0 Å². The van der Waals surface area contributed by atoms with Crippen LogP contribution in [-0.4, -0.2) is 28.1 Å². The minimum atomic E-state index is -0.209. The minimum absolute atomic E-state index is 0.0602. The van der Waals surface area contributed by atoms with E-state index in [1.165, 1.54) is 0 Å². The number of amides is 1. The molecule has 29 heavy (non-hydrogen) atoms. The van der Waals surface area contributed by atoms with Crippen molar-refractivity contribution in [2.24, 2.45) is 0 Å². The van der Waals surface area contributed by atoms with Crippen LogP contribution in [0.2, 0.25) is 5.02 Å². The van der Waals surface area contributed by atoms with E-state index in [1.807, 2.05) is 24.3 Å². The number of phenolic OH excluding ortho intramolecular Hbond substituents is 1. The van der Waals surface area contributed by atoms with Crippen LogP contribution in [-0.2, 0) is 0 Å². The molecule has 150 valence electrons. The van der Waals surface area contributed by atoms with Gasteiger partial charge in [-0.05, 0) is 68.5 Å². The van der Waals surface area contributed by atoms with Gasteiger partial charge >= 0.3 is 0 Å². The maximum Gasteiger partial charge on any atom is 0.255 e. The van der Waals surface area contributed by atoms with Crippen molar-refractivity contribution in [3.05, 3.63) is 64.8 Å². The van der Waals surface area contributed by atoms with Crippen LogP contribution in [0.4, 0.5) is 5.69 Å². The SMILES string of the molecule is Cc1cccc(C(=O)NC2CCC(Nc3ccnc4cc(Cl)ccc34)CC2)c1O. The summed E-state index contributed by atoms with van der Waals surface area (Å²) in [6.07, 6.45) is 5.50. The van der Waals surface area contributed by atoms with Crippen molar-refractivity contribution in [2.45, 2.75) is 44.7 Å². The number of para-hydroxylation sites is 1. The molecule has 2 aromatic carbocycles. The molecule has 1 aliphatic rings. The Morgan fingerprint density at radius 1 is 1.10 bits per heavy atom. The van der Waals surface area contributed by atoms with Gasteiger partial charge in [-0.1, -0.05) is 23.7 Å². The van der Waals surface area contributed by atoms with E-state index in [0.29, 0.717) is 22.2 Å². The predicted molar refractivity (Wildman–Crippen MR) is 117 cm³/mol. The second-order valence-corrected chi connectivity index (χ2v) is 8.09. The number of rotatable bonds is 4. The summed E-state index contributed by atoms with van der Waals surface area (Å²) in [5.74, 6) is -0.148. The van der Waals surface area contributed by atoms with Gasteiger partial charge < -0.3 is 15.7 Å². The Labute approximate surface area is 175 Å². The molecule has 0 unspecified atom stereocenters. The monoisotopic (exact) mass is 409 g/mol. The highest BCUT2D eigenvalue weighted by atomic mass is 35.5. The van der Waals surface area contributed by atoms with Crippen molar-refractivity contribution in [2.75, 3.05) is 5.32 Å². The Morgan fingerprint density at radius 3 is 2.66 bits per heavy atom. The largest absolute Gasteiger partial charge is 0.507 e. The zero-order chi connectivity index (χ0) is 20.4. The summed E-state index contributed by atoms with van der Waals surface area (Å²) in [5.41, 5.74) is 2.98. The molecule has 0 spiro atoms. The molecule has 0 atom stereocenters. The molecule has 0 saturated heterocycles. The molecule has 3 aromatic rings. The van der Waals surface area contributed by atoms with E-state index in [4.69, 9.17) is 11.6 Å². The molecule has 0 aliphatic heterocycles. The zero-order valence-electron chi connectivity index (χ0n) is 16.3. The number of halogens is 1. The topological polar surface area (TPSA) is 74.2 Å². The number of phenols is 1. The fourth-order valence-corrected chi connectivity index (χ4v) is 4.12. The molecule has 6 heteroatoms. The first kappa shape index (κ1) is 19.5. The van der Waals surface area contributed by atoms with Gasteiger partial charge in [-0.15, -0.1) is 0 Å². The lowest BCUT2D eigenvalue weighted by molar-refractivity contribution is 0.0923. The van der Waals surface area contributed by atoms with E-state index in [2.05, 4.69) is 15.6 Å². The number of hydrogen-bond acceptors (Lipinski definition) is 4. The quantitative estimate of drug-likeness (QED) is 0.563. The first-order valence-corrected chi connectivity index (χ1v) is 10.3. The molecule has 1 aromatic heterocycles. The third kappa shape index (κ3) is 4.30. The number of aromatic hydroxyl groups is 1. The number of fused-ring (bicyclic) bond motifs is 1. The molecule has 5 nitrogen and oxygen atoms in total.